The van der Waals surface area contributed by atoms with Gasteiger partial charge in [-0.15, -0.1) is 0 Å². The van der Waals surface area contributed by atoms with Crippen LogP contribution in [0.15, 0.2) is 42.5 Å². The molecule has 112 valence electrons. The molecular weight excluding hydrogens is 297 g/mol. The van der Waals surface area contributed by atoms with Crippen LogP contribution in [0.25, 0.3) is 0 Å². The minimum Gasteiger partial charge on any atom is -0.491 e. The lowest BCUT2D eigenvalue weighted by Gasteiger charge is -2.14. The molecule has 0 saturated heterocycles. The van der Waals surface area contributed by atoms with Crippen molar-refractivity contribution in [3.05, 3.63) is 53.3 Å². The van der Waals surface area contributed by atoms with Crippen LogP contribution in [0, 0.1) is 5.82 Å². The molecule has 0 aliphatic rings. The van der Waals surface area contributed by atoms with Gasteiger partial charge in [0.2, 0.25) is 0 Å². The molecule has 0 amide bonds. The first-order chi connectivity index (χ1) is 10.0. The van der Waals surface area contributed by atoms with Gasteiger partial charge in [0.05, 0.1) is 5.02 Å². The van der Waals surface area contributed by atoms with Crippen molar-refractivity contribution < 1.29 is 19.0 Å². The number of benzene rings is 2. The second-order valence-electron chi connectivity index (χ2n) is 4.42. The monoisotopic (exact) mass is 311 g/mol. The standard InChI is InChI=1S/C15H15ClFNO3/c16-14-7-13(5-6-15(14)17)21-9-11(19)8-20-12-3-1-10(18)2-4-12/h1-7,11,19H,8-9,18H2. The Morgan fingerprint density at radius 3 is 2.24 bits per heavy atom. The van der Waals surface area contributed by atoms with Gasteiger partial charge in [0.1, 0.15) is 36.6 Å². The summed E-state index contributed by atoms with van der Waals surface area (Å²) >= 11 is 5.63. The third-order valence-corrected chi connectivity index (χ3v) is 2.95. The van der Waals surface area contributed by atoms with E-state index in [4.69, 9.17) is 26.8 Å². The van der Waals surface area contributed by atoms with E-state index in [1.165, 1.54) is 18.2 Å². The Kier molecular flexibility index (Phi) is 5.25. The van der Waals surface area contributed by atoms with Gasteiger partial charge in [-0.2, -0.15) is 0 Å². The SMILES string of the molecule is Nc1ccc(OCC(O)COc2ccc(F)c(Cl)c2)cc1. The fourth-order valence-electron chi connectivity index (χ4n) is 1.56. The largest absolute Gasteiger partial charge is 0.491 e. The number of anilines is 1. The predicted octanol–water partition coefficient (Wildman–Crippen LogP) is 2.88. The molecule has 0 fully saturated rings. The molecule has 0 bridgehead atoms. The second kappa shape index (κ2) is 7.15. The molecule has 4 nitrogen and oxygen atoms in total. The van der Waals surface area contributed by atoms with Crippen molar-refractivity contribution in [2.75, 3.05) is 18.9 Å². The molecular formula is C15H15ClFNO3. The quantitative estimate of drug-likeness (QED) is 0.805. The number of aliphatic hydroxyl groups is 1. The highest BCUT2D eigenvalue weighted by molar-refractivity contribution is 6.30. The summed E-state index contributed by atoms with van der Waals surface area (Å²) in [6, 6.07) is 10.8. The Labute approximate surface area is 126 Å². The maximum Gasteiger partial charge on any atom is 0.142 e. The van der Waals surface area contributed by atoms with E-state index in [0.29, 0.717) is 17.2 Å². The fraction of sp³-hybridized carbons (Fsp3) is 0.200. The molecule has 0 aliphatic carbocycles. The zero-order valence-corrected chi connectivity index (χ0v) is 11.9. The van der Waals surface area contributed by atoms with Gasteiger partial charge in [0.25, 0.3) is 0 Å². The maximum atomic E-state index is 13.0. The smallest absolute Gasteiger partial charge is 0.142 e. The van der Waals surface area contributed by atoms with E-state index in [2.05, 4.69) is 0 Å². The molecule has 6 heteroatoms. The summed E-state index contributed by atoms with van der Waals surface area (Å²) in [4.78, 5) is 0. The van der Waals surface area contributed by atoms with Crippen molar-refractivity contribution in [2.24, 2.45) is 0 Å². The van der Waals surface area contributed by atoms with Gasteiger partial charge in [-0.3, -0.25) is 0 Å². The van der Waals surface area contributed by atoms with E-state index < -0.39 is 11.9 Å². The van der Waals surface area contributed by atoms with Crippen molar-refractivity contribution in [1.82, 2.24) is 0 Å². The van der Waals surface area contributed by atoms with Gasteiger partial charge >= 0.3 is 0 Å². The van der Waals surface area contributed by atoms with E-state index in [1.54, 1.807) is 24.3 Å². The van der Waals surface area contributed by atoms with E-state index in [0.717, 1.165) is 0 Å². The van der Waals surface area contributed by atoms with Crippen LogP contribution >= 0.6 is 11.6 Å². The average Bonchev–Trinajstić information content (AvgIpc) is 2.48. The third kappa shape index (κ3) is 4.81. The highest BCUT2D eigenvalue weighted by Crippen LogP contribution is 2.21. The highest BCUT2D eigenvalue weighted by Gasteiger charge is 2.08. The van der Waals surface area contributed by atoms with Gasteiger partial charge in [-0.1, -0.05) is 11.6 Å². The van der Waals surface area contributed by atoms with Crippen molar-refractivity contribution in [3.8, 4) is 11.5 Å². The molecule has 1 atom stereocenters. The molecule has 0 aliphatic heterocycles. The van der Waals surface area contributed by atoms with Crippen molar-refractivity contribution in [3.63, 3.8) is 0 Å². The summed E-state index contributed by atoms with van der Waals surface area (Å²) in [5.74, 6) is 0.470. The van der Waals surface area contributed by atoms with Gasteiger partial charge in [-0.25, -0.2) is 4.39 Å². The summed E-state index contributed by atoms with van der Waals surface area (Å²) in [7, 11) is 0. The molecule has 0 spiro atoms. The first-order valence-corrected chi connectivity index (χ1v) is 6.66. The summed E-state index contributed by atoms with van der Waals surface area (Å²) in [6.45, 7) is 0.0791. The number of hydrogen-bond acceptors (Lipinski definition) is 4. The average molecular weight is 312 g/mol. The molecule has 2 rings (SSSR count). The Hall–Kier alpha value is -1.98. The Morgan fingerprint density at radius 2 is 1.62 bits per heavy atom. The zero-order valence-electron chi connectivity index (χ0n) is 11.1. The summed E-state index contributed by atoms with van der Waals surface area (Å²) in [5.41, 5.74) is 6.19. The molecule has 0 radical (unpaired) electrons. The molecule has 21 heavy (non-hydrogen) atoms. The molecule has 1 unspecified atom stereocenters. The lowest BCUT2D eigenvalue weighted by Crippen LogP contribution is -2.25. The number of ether oxygens (including phenoxy) is 2. The van der Waals surface area contributed by atoms with Crippen molar-refractivity contribution >= 4 is 17.3 Å². The molecule has 2 aromatic rings. The molecule has 0 aromatic heterocycles. The van der Waals surface area contributed by atoms with Crippen molar-refractivity contribution in [2.45, 2.75) is 6.10 Å². The third-order valence-electron chi connectivity index (χ3n) is 2.66. The molecule has 0 saturated carbocycles. The van der Waals surface area contributed by atoms with Crippen LogP contribution in [0.3, 0.4) is 0 Å². The fourth-order valence-corrected chi connectivity index (χ4v) is 1.73. The number of aliphatic hydroxyl groups excluding tert-OH is 1. The number of nitrogen functional groups attached to an aromatic ring is 1. The Bertz CT molecular complexity index is 592. The maximum absolute atomic E-state index is 13.0. The first-order valence-electron chi connectivity index (χ1n) is 6.29. The number of nitrogens with two attached hydrogens (primary N) is 1. The van der Waals surface area contributed by atoms with Crippen LogP contribution in [0.4, 0.5) is 10.1 Å². The summed E-state index contributed by atoms with van der Waals surface area (Å²) < 4.78 is 23.7. The Morgan fingerprint density at radius 1 is 1.05 bits per heavy atom. The van der Waals surface area contributed by atoms with Gasteiger partial charge in [-0.05, 0) is 36.4 Å². The highest BCUT2D eigenvalue weighted by atomic mass is 35.5. The van der Waals surface area contributed by atoms with E-state index in [1.807, 2.05) is 0 Å². The molecule has 0 heterocycles. The van der Waals surface area contributed by atoms with Gasteiger partial charge < -0.3 is 20.3 Å². The number of halogens is 2. The van der Waals surface area contributed by atoms with Crippen molar-refractivity contribution in [1.29, 1.82) is 0 Å². The lowest BCUT2D eigenvalue weighted by atomic mass is 10.3. The normalized spacial score (nSPS) is 12.0. The predicted molar refractivity (Wildman–Crippen MR) is 79.3 cm³/mol. The first kappa shape index (κ1) is 15.4. The van der Waals surface area contributed by atoms with Crippen LogP contribution in [-0.4, -0.2) is 24.4 Å². The topological polar surface area (TPSA) is 64.7 Å². The van der Waals surface area contributed by atoms with E-state index in [-0.39, 0.29) is 18.2 Å². The van der Waals surface area contributed by atoms with Gasteiger partial charge in [0, 0.05) is 11.8 Å². The van der Waals surface area contributed by atoms with Crippen LogP contribution in [0.1, 0.15) is 0 Å². The van der Waals surface area contributed by atoms with Gasteiger partial charge in [0.15, 0.2) is 0 Å². The second-order valence-corrected chi connectivity index (χ2v) is 4.83. The van der Waals surface area contributed by atoms with Crippen LogP contribution < -0.4 is 15.2 Å². The minimum absolute atomic E-state index is 0.0108. The number of rotatable bonds is 6. The summed E-state index contributed by atoms with van der Waals surface area (Å²) in [5, 5.41) is 9.74. The van der Waals surface area contributed by atoms with Crippen LogP contribution in [-0.2, 0) is 0 Å². The minimum atomic E-state index is -0.827. The van der Waals surface area contributed by atoms with Crippen LogP contribution in [0.2, 0.25) is 5.02 Å². The summed E-state index contributed by atoms with van der Waals surface area (Å²) in [6.07, 6.45) is -0.827. The van der Waals surface area contributed by atoms with E-state index >= 15 is 0 Å². The molecule has 3 N–H and O–H groups in total. The molecule has 2 aromatic carbocycles. The number of hydrogen-bond donors (Lipinski definition) is 2. The van der Waals surface area contributed by atoms with Crippen LogP contribution in [0.5, 0.6) is 11.5 Å². The van der Waals surface area contributed by atoms with E-state index in [9.17, 15) is 9.50 Å². The lowest BCUT2D eigenvalue weighted by molar-refractivity contribution is 0.0626. The zero-order chi connectivity index (χ0) is 15.2. The Balaban J connectivity index is 1.77.